The zero-order chi connectivity index (χ0) is 18.1. The first kappa shape index (κ1) is 18.6. The largest absolute Gasteiger partial charge is 0.492 e. The van der Waals surface area contributed by atoms with Crippen molar-refractivity contribution in [1.82, 2.24) is 10.3 Å². The molecular weight excluding hydrogens is 331 g/mol. The van der Waals surface area contributed by atoms with Crippen molar-refractivity contribution in [3.05, 3.63) is 21.6 Å². The van der Waals surface area contributed by atoms with E-state index in [-0.39, 0.29) is 17.5 Å². The summed E-state index contributed by atoms with van der Waals surface area (Å²) in [6.45, 7) is 9.41. The van der Waals surface area contributed by atoms with Crippen molar-refractivity contribution < 1.29 is 24.0 Å². The van der Waals surface area contributed by atoms with Gasteiger partial charge in [-0.3, -0.25) is 4.79 Å². The predicted molar refractivity (Wildman–Crippen MR) is 91.8 cm³/mol. The van der Waals surface area contributed by atoms with Crippen LogP contribution in [-0.2, 0) is 14.1 Å². The molecule has 0 unspecified atom stereocenters. The SMILES string of the molecule is CC(=O)NCC(=Cc1csc(C(=O)O)n1)B1OC(C)(C)C(C)(C)O1. The van der Waals surface area contributed by atoms with Crippen LogP contribution in [0, 0.1) is 0 Å². The normalized spacial score (nSPS) is 19.4. The van der Waals surface area contributed by atoms with Crippen molar-refractivity contribution in [2.45, 2.75) is 45.8 Å². The molecule has 1 saturated heterocycles. The number of carboxylic acids is 1. The van der Waals surface area contributed by atoms with Crippen LogP contribution in [0.15, 0.2) is 10.9 Å². The molecule has 1 amide bonds. The fraction of sp³-hybridized carbons (Fsp3) is 0.533. The Hall–Kier alpha value is -1.71. The summed E-state index contributed by atoms with van der Waals surface area (Å²) in [5.74, 6) is -1.25. The third-order valence-corrected chi connectivity index (χ3v) is 4.98. The molecule has 1 aliphatic rings. The van der Waals surface area contributed by atoms with Gasteiger partial charge >= 0.3 is 13.1 Å². The molecule has 1 aromatic heterocycles. The van der Waals surface area contributed by atoms with Gasteiger partial charge in [0.2, 0.25) is 10.9 Å². The van der Waals surface area contributed by atoms with E-state index < -0.39 is 24.3 Å². The zero-order valence-corrected chi connectivity index (χ0v) is 15.2. The van der Waals surface area contributed by atoms with Crippen molar-refractivity contribution in [3.8, 4) is 0 Å². The second-order valence-electron chi connectivity index (χ2n) is 6.60. The summed E-state index contributed by atoms with van der Waals surface area (Å²) < 4.78 is 12.0. The predicted octanol–water partition coefficient (Wildman–Crippen LogP) is 1.99. The Morgan fingerprint density at radius 3 is 2.38 bits per heavy atom. The van der Waals surface area contributed by atoms with Gasteiger partial charge in [0.15, 0.2) is 0 Å². The number of nitrogens with one attached hydrogen (secondary N) is 1. The summed E-state index contributed by atoms with van der Waals surface area (Å²) >= 11 is 1.04. The molecule has 0 atom stereocenters. The molecule has 0 aliphatic carbocycles. The highest BCUT2D eigenvalue weighted by Gasteiger charge is 2.52. The molecule has 24 heavy (non-hydrogen) atoms. The molecule has 2 N–H and O–H groups in total. The summed E-state index contributed by atoms with van der Waals surface area (Å²) in [5, 5.41) is 13.3. The second kappa shape index (κ2) is 6.66. The standard InChI is InChI=1S/C15H21BN2O5S/c1-9(19)17-7-10(6-11-8-24-12(18-11)13(20)21)16-22-14(2,3)15(4,5)23-16/h6,8H,7H2,1-5H3,(H,17,19)(H,20,21). The number of thiazole rings is 1. The fourth-order valence-corrected chi connectivity index (χ4v) is 2.68. The Bertz CT molecular complexity index is 667. The smallest absolute Gasteiger partial charge is 0.476 e. The van der Waals surface area contributed by atoms with E-state index >= 15 is 0 Å². The number of nitrogens with zero attached hydrogens (tertiary/aromatic N) is 1. The van der Waals surface area contributed by atoms with Crippen LogP contribution in [0.5, 0.6) is 0 Å². The van der Waals surface area contributed by atoms with Crippen molar-refractivity contribution in [3.63, 3.8) is 0 Å². The third kappa shape index (κ3) is 4.03. The first-order valence-corrected chi connectivity index (χ1v) is 8.39. The molecule has 1 fully saturated rings. The fourth-order valence-electron chi connectivity index (χ4n) is 2.06. The topological polar surface area (TPSA) is 97.8 Å². The number of aromatic carboxylic acids is 1. The second-order valence-corrected chi connectivity index (χ2v) is 7.46. The molecule has 0 radical (unpaired) electrons. The van der Waals surface area contributed by atoms with Crippen LogP contribution in [0.25, 0.3) is 6.08 Å². The summed E-state index contributed by atoms with van der Waals surface area (Å²) in [7, 11) is -0.642. The van der Waals surface area contributed by atoms with Crippen LogP contribution >= 0.6 is 11.3 Å². The molecule has 0 saturated carbocycles. The van der Waals surface area contributed by atoms with E-state index in [1.54, 1.807) is 11.5 Å². The number of aromatic nitrogens is 1. The van der Waals surface area contributed by atoms with E-state index in [0.717, 1.165) is 11.3 Å². The third-order valence-electron chi connectivity index (χ3n) is 4.14. The highest BCUT2D eigenvalue weighted by Crippen LogP contribution is 2.38. The van der Waals surface area contributed by atoms with Crippen molar-refractivity contribution in [2.75, 3.05) is 6.54 Å². The van der Waals surface area contributed by atoms with Gasteiger partial charge in [-0.2, -0.15) is 0 Å². The van der Waals surface area contributed by atoms with Crippen LogP contribution in [0.4, 0.5) is 0 Å². The van der Waals surface area contributed by atoms with Crippen molar-refractivity contribution in [1.29, 1.82) is 0 Å². The number of rotatable bonds is 5. The molecule has 2 heterocycles. The number of carboxylic acid groups (broad SMARTS) is 1. The monoisotopic (exact) mass is 352 g/mol. The number of hydrogen-bond donors (Lipinski definition) is 2. The zero-order valence-electron chi connectivity index (χ0n) is 14.4. The average molecular weight is 352 g/mol. The Labute approximate surface area is 145 Å². The number of hydrogen-bond acceptors (Lipinski definition) is 6. The van der Waals surface area contributed by atoms with E-state index in [1.807, 2.05) is 27.7 Å². The first-order valence-electron chi connectivity index (χ1n) is 7.51. The van der Waals surface area contributed by atoms with E-state index in [0.29, 0.717) is 11.2 Å². The molecule has 0 bridgehead atoms. The van der Waals surface area contributed by atoms with Crippen LogP contribution in [0.1, 0.15) is 50.1 Å². The minimum Gasteiger partial charge on any atom is -0.476 e. The Morgan fingerprint density at radius 2 is 1.92 bits per heavy atom. The highest BCUT2D eigenvalue weighted by atomic mass is 32.1. The van der Waals surface area contributed by atoms with Crippen LogP contribution in [0.3, 0.4) is 0 Å². The lowest BCUT2D eigenvalue weighted by Crippen LogP contribution is -2.41. The lowest BCUT2D eigenvalue weighted by molar-refractivity contribution is -0.118. The summed E-state index contributed by atoms with van der Waals surface area (Å²) in [5.41, 5.74) is 0.140. The molecule has 2 rings (SSSR count). The van der Waals surface area contributed by atoms with Gasteiger partial charge in [-0.05, 0) is 39.2 Å². The van der Waals surface area contributed by atoms with E-state index in [2.05, 4.69) is 10.3 Å². The van der Waals surface area contributed by atoms with Crippen molar-refractivity contribution in [2.24, 2.45) is 0 Å². The van der Waals surface area contributed by atoms with Crippen LogP contribution in [0.2, 0.25) is 0 Å². The van der Waals surface area contributed by atoms with Crippen LogP contribution in [-0.4, -0.2) is 46.8 Å². The summed E-state index contributed by atoms with van der Waals surface area (Å²) in [6, 6.07) is 0. The minimum atomic E-state index is -1.07. The van der Waals surface area contributed by atoms with Gasteiger partial charge in [0, 0.05) is 18.8 Å². The van der Waals surface area contributed by atoms with Gasteiger partial charge in [0.1, 0.15) is 0 Å². The van der Waals surface area contributed by atoms with E-state index in [9.17, 15) is 9.59 Å². The molecular formula is C15H21BN2O5S. The van der Waals surface area contributed by atoms with E-state index in [4.69, 9.17) is 14.4 Å². The van der Waals surface area contributed by atoms with Gasteiger partial charge < -0.3 is 19.7 Å². The molecule has 1 aliphatic heterocycles. The van der Waals surface area contributed by atoms with Crippen LogP contribution < -0.4 is 5.32 Å². The van der Waals surface area contributed by atoms with Gasteiger partial charge in [-0.25, -0.2) is 9.78 Å². The minimum absolute atomic E-state index is 0.00838. The lowest BCUT2D eigenvalue weighted by Gasteiger charge is -2.32. The quantitative estimate of drug-likeness (QED) is 0.787. The molecule has 1 aromatic rings. The average Bonchev–Trinajstić information content (AvgIpc) is 2.97. The maximum Gasteiger partial charge on any atom is 0.492 e. The molecule has 7 nitrogen and oxygen atoms in total. The maximum absolute atomic E-state index is 11.3. The summed E-state index contributed by atoms with van der Waals surface area (Å²) in [4.78, 5) is 26.3. The Kier molecular flexibility index (Phi) is 5.17. The Morgan fingerprint density at radius 1 is 1.33 bits per heavy atom. The number of carbonyl (C=O) groups excluding carboxylic acids is 1. The van der Waals surface area contributed by atoms with Gasteiger partial charge in [0.25, 0.3) is 0 Å². The van der Waals surface area contributed by atoms with Gasteiger partial charge in [0.05, 0.1) is 16.9 Å². The molecule has 130 valence electrons. The maximum atomic E-state index is 11.3. The Balaban J connectivity index is 2.29. The highest BCUT2D eigenvalue weighted by molar-refractivity contribution is 7.11. The van der Waals surface area contributed by atoms with Gasteiger partial charge in [-0.1, -0.05) is 0 Å². The molecule has 9 heteroatoms. The number of amides is 1. The summed E-state index contributed by atoms with van der Waals surface area (Å²) in [6.07, 6.45) is 1.70. The molecule has 0 spiro atoms. The first-order chi connectivity index (χ1) is 11.0. The van der Waals surface area contributed by atoms with E-state index in [1.165, 1.54) is 6.92 Å². The van der Waals surface area contributed by atoms with Gasteiger partial charge in [-0.15, -0.1) is 11.3 Å². The lowest BCUT2D eigenvalue weighted by atomic mass is 9.77. The molecule has 0 aromatic carbocycles. The number of carbonyl (C=O) groups is 2. The van der Waals surface area contributed by atoms with Crippen molar-refractivity contribution >= 4 is 36.4 Å².